The van der Waals surface area contributed by atoms with E-state index in [9.17, 15) is 4.39 Å². The van der Waals surface area contributed by atoms with E-state index < -0.39 is 0 Å². The lowest BCUT2D eigenvalue weighted by Gasteiger charge is -2.22. The van der Waals surface area contributed by atoms with Crippen molar-refractivity contribution >= 4 is 15.9 Å². The molecule has 1 aromatic carbocycles. The summed E-state index contributed by atoms with van der Waals surface area (Å²) in [6.07, 6.45) is 0.428. The summed E-state index contributed by atoms with van der Waals surface area (Å²) in [6, 6.07) is 1.47. The van der Waals surface area contributed by atoms with Gasteiger partial charge in [-0.05, 0) is 29.3 Å². The molecule has 0 bridgehead atoms. The third-order valence-corrected chi connectivity index (χ3v) is 2.92. The molecule has 1 aliphatic rings. The molecule has 1 atom stereocenters. The standard InChI is InChI=1S/C11H13BrFNO2/c1-6(14)4-7-10(13)8(12)5-9-11(7)16-3-2-15-9/h5-6H,2-4,14H2,1H3. The molecule has 1 aromatic rings. The van der Waals surface area contributed by atoms with Gasteiger partial charge in [0.2, 0.25) is 0 Å². The average molecular weight is 290 g/mol. The highest BCUT2D eigenvalue weighted by Gasteiger charge is 2.22. The first kappa shape index (κ1) is 11.7. The van der Waals surface area contributed by atoms with E-state index >= 15 is 0 Å². The van der Waals surface area contributed by atoms with Gasteiger partial charge in [-0.15, -0.1) is 0 Å². The van der Waals surface area contributed by atoms with Crippen molar-refractivity contribution in [1.29, 1.82) is 0 Å². The summed E-state index contributed by atoms with van der Waals surface area (Å²) in [7, 11) is 0. The van der Waals surface area contributed by atoms with Crippen LogP contribution in [0.2, 0.25) is 0 Å². The van der Waals surface area contributed by atoms with E-state index in [-0.39, 0.29) is 11.9 Å². The quantitative estimate of drug-likeness (QED) is 0.908. The number of benzene rings is 1. The number of fused-ring (bicyclic) bond motifs is 1. The Morgan fingerprint density at radius 2 is 2.19 bits per heavy atom. The second-order valence-corrected chi connectivity index (χ2v) is 4.71. The van der Waals surface area contributed by atoms with Gasteiger partial charge in [-0.3, -0.25) is 0 Å². The SMILES string of the molecule is CC(N)Cc1c(F)c(Br)cc2c1OCCO2. The van der Waals surface area contributed by atoms with E-state index in [1.165, 1.54) is 0 Å². The summed E-state index contributed by atoms with van der Waals surface area (Å²) in [5.74, 6) is 0.751. The molecule has 2 N–H and O–H groups in total. The maximum absolute atomic E-state index is 13.9. The van der Waals surface area contributed by atoms with Crippen molar-refractivity contribution < 1.29 is 13.9 Å². The maximum atomic E-state index is 13.9. The first-order chi connectivity index (χ1) is 7.59. The van der Waals surface area contributed by atoms with Crippen LogP contribution in [0.1, 0.15) is 12.5 Å². The van der Waals surface area contributed by atoms with Crippen LogP contribution in [0.15, 0.2) is 10.5 Å². The van der Waals surface area contributed by atoms with Crippen LogP contribution >= 0.6 is 15.9 Å². The van der Waals surface area contributed by atoms with Crippen LogP contribution < -0.4 is 15.2 Å². The third kappa shape index (κ3) is 2.15. The zero-order valence-corrected chi connectivity index (χ0v) is 10.5. The zero-order valence-electron chi connectivity index (χ0n) is 8.93. The highest BCUT2D eigenvalue weighted by Crippen LogP contribution is 2.39. The summed E-state index contributed by atoms with van der Waals surface area (Å²) in [5.41, 5.74) is 6.18. The van der Waals surface area contributed by atoms with Crippen molar-refractivity contribution in [3.05, 3.63) is 21.9 Å². The Morgan fingerprint density at radius 3 is 2.88 bits per heavy atom. The van der Waals surface area contributed by atoms with Crippen LogP contribution in [-0.4, -0.2) is 19.3 Å². The van der Waals surface area contributed by atoms with E-state index in [1.54, 1.807) is 6.07 Å². The minimum atomic E-state index is -0.318. The van der Waals surface area contributed by atoms with Gasteiger partial charge in [-0.2, -0.15) is 0 Å². The number of hydrogen-bond acceptors (Lipinski definition) is 3. The molecule has 0 radical (unpaired) electrons. The molecule has 5 heteroatoms. The lowest BCUT2D eigenvalue weighted by atomic mass is 10.0. The summed E-state index contributed by atoms with van der Waals surface area (Å²) in [4.78, 5) is 0. The van der Waals surface area contributed by atoms with Crippen molar-refractivity contribution in [2.75, 3.05) is 13.2 Å². The number of rotatable bonds is 2. The molecule has 0 aromatic heterocycles. The van der Waals surface area contributed by atoms with Crippen molar-refractivity contribution in [1.82, 2.24) is 0 Å². The highest BCUT2D eigenvalue weighted by molar-refractivity contribution is 9.10. The Hall–Kier alpha value is -0.810. The van der Waals surface area contributed by atoms with Crippen LogP contribution in [0.3, 0.4) is 0 Å². The van der Waals surface area contributed by atoms with E-state index in [1.807, 2.05) is 6.92 Å². The molecule has 88 valence electrons. The first-order valence-corrected chi connectivity index (χ1v) is 5.91. The minimum Gasteiger partial charge on any atom is -0.486 e. The Balaban J connectivity index is 2.50. The predicted octanol–water partition coefficient (Wildman–Crippen LogP) is 2.25. The van der Waals surface area contributed by atoms with Crippen molar-refractivity contribution in [2.45, 2.75) is 19.4 Å². The average Bonchev–Trinajstić information content (AvgIpc) is 2.24. The zero-order chi connectivity index (χ0) is 11.7. The lowest BCUT2D eigenvalue weighted by Crippen LogP contribution is -2.22. The molecule has 1 aliphatic heterocycles. The normalized spacial score (nSPS) is 16.0. The molecular formula is C11H13BrFNO2. The Labute approximate surface area is 102 Å². The van der Waals surface area contributed by atoms with Gasteiger partial charge in [0.05, 0.1) is 4.47 Å². The van der Waals surface area contributed by atoms with Crippen molar-refractivity contribution in [2.24, 2.45) is 5.73 Å². The van der Waals surface area contributed by atoms with Crippen molar-refractivity contribution in [3.8, 4) is 11.5 Å². The Morgan fingerprint density at radius 1 is 1.50 bits per heavy atom. The molecule has 0 aliphatic carbocycles. The summed E-state index contributed by atoms with van der Waals surface area (Å²) >= 11 is 3.16. The minimum absolute atomic E-state index is 0.126. The first-order valence-electron chi connectivity index (χ1n) is 5.11. The van der Waals surface area contributed by atoms with Gasteiger partial charge in [-0.25, -0.2) is 4.39 Å². The molecule has 2 rings (SSSR count). The van der Waals surface area contributed by atoms with E-state index in [4.69, 9.17) is 15.2 Å². The second kappa shape index (κ2) is 4.59. The monoisotopic (exact) mass is 289 g/mol. The highest BCUT2D eigenvalue weighted by atomic mass is 79.9. The lowest BCUT2D eigenvalue weighted by molar-refractivity contribution is 0.168. The summed E-state index contributed by atoms with van der Waals surface area (Å²) in [5, 5.41) is 0. The molecule has 1 heterocycles. The van der Waals surface area contributed by atoms with Gasteiger partial charge >= 0.3 is 0 Å². The Kier molecular flexibility index (Phi) is 3.35. The van der Waals surface area contributed by atoms with Crippen LogP contribution in [0.25, 0.3) is 0 Å². The molecule has 16 heavy (non-hydrogen) atoms. The molecule has 3 nitrogen and oxygen atoms in total. The number of nitrogens with two attached hydrogens (primary N) is 1. The largest absolute Gasteiger partial charge is 0.486 e. The fourth-order valence-corrected chi connectivity index (χ4v) is 2.15. The van der Waals surface area contributed by atoms with Crippen molar-refractivity contribution in [3.63, 3.8) is 0 Å². The van der Waals surface area contributed by atoms with Crippen LogP contribution in [-0.2, 0) is 6.42 Å². The number of ether oxygens (including phenoxy) is 2. The molecule has 0 fully saturated rings. The van der Waals surface area contributed by atoms with E-state index in [0.717, 1.165) is 0 Å². The van der Waals surface area contributed by atoms with Gasteiger partial charge < -0.3 is 15.2 Å². The molecule has 0 spiro atoms. The molecule has 0 saturated heterocycles. The topological polar surface area (TPSA) is 44.5 Å². The molecule has 1 unspecified atom stereocenters. The van der Waals surface area contributed by atoms with Crippen LogP contribution in [0.5, 0.6) is 11.5 Å². The van der Waals surface area contributed by atoms with Gasteiger partial charge in [0.15, 0.2) is 11.5 Å². The van der Waals surface area contributed by atoms with Gasteiger partial charge in [0.1, 0.15) is 19.0 Å². The van der Waals surface area contributed by atoms with E-state index in [2.05, 4.69) is 15.9 Å². The Bertz CT molecular complexity index is 409. The maximum Gasteiger partial charge on any atom is 0.167 e. The summed E-state index contributed by atoms with van der Waals surface area (Å²) in [6.45, 7) is 2.76. The van der Waals surface area contributed by atoms with Gasteiger partial charge in [0.25, 0.3) is 0 Å². The third-order valence-electron chi connectivity index (χ3n) is 2.34. The second-order valence-electron chi connectivity index (χ2n) is 3.86. The molecular weight excluding hydrogens is 277 g/mol. The van der Waals surface area contributed by atoms with Gasteiger partial charge in [0, 0.05) is 17.7 Å². The smallest absolute Gasteiger partial charge is 0.167 e. The number of hydrogen-bond donors (Lipinski definition) is 1. The fourth-order valence-electron chi connectivity index (χ4n) is 1.70. The molecule has 0 amide bonds. The fraction of sp³-hybridized carbons (Fsp3) is 0.455. The van der Waals surface area contributed by atoms with Crippen LogP contribution in [0, 0.1) is 5.82 Å². The van der Waals surface area contributed by atoms with Crippen LogP contribution in [0.4, 0.5) is 4.39 Å². The number of halogens is 2. The predicted molar refractivity (Wildman–Crippen MR) is 62.4 cm³/mol. The summed E-state index contributed by atoms with van der Waals surface area (Å²) < 4.78 is 25.2. The van der Waals surface area contributed by atoms with Gasteiger partial charge in [-0.1, -0.05) is 0 Å². The van der Waals surface area contributed by atoms with E-state index in [0.29, 0.717) is 41.2 Å². The molecule has 0 saturated carbocycles.